The quantitative estimate of drug-likeness (QED) is 0.786. The maximum Gasteiger partial charge on any atom is 0.328 e. The Morgan fingerprint density at radius 1 is 1.06 bits per heavy atom. The van der Waals surface area contributed by atoms with Crippen LogP contribution in [-0.2, 0) is 9.59 Å². The van der Waals surface area contributed by atoms with Crippen LogP contribution in [0.4, 0.5) is 0 Å². The van der Waals surface area contributed by atoms with E-state index in [0.717, 1.165) is 0 Å². The van der Waals surface area contributed by atoms with Gasteiger partial charge in [0.25, 0.3) is 0 Å². The van der Waals surface area contributed by atoms with Crippen LogP contribution in [0.1, 0.15) is 0 Å². The molecule has 86 valence electrons. The van der Waals surface area contributed by atoms with Crippen LogP contribution in [0.15, 0.2) is 24.5 Å². The van der Waals surface area contributed by atoms with E-state index in [2.05, 4.69) is 9.97 Å². The molecule has 0 atom stereocenters. The van der Waals surface area contributed by atoms with Gasteiger partial charge in [0, 0.05) is 12.2 Å². The van der Waals surface area contributed by atoms with Crippen molar-refractivity contribution in [3.63, 3.8) is 0 Å². The Hall–Kier alpha value is -1.66. The first-order valence-corrected chi connectivity index (χ1v) is 4.44. The van der Waals surface area contributed by atoms with Gasteiger partial charge in [0.15, 0.2) is 0 Å². The zero-order chi connectivity index (χ0) is 12.6. The number of hydrogen-bond acceptors (Lipinski definition) is 4. The van der Waals surface area contributed by atoms with Gasteiger partial charge in [-0.25, -0.2) is 14.6 Å². The third-order valence-electron chi connectivity index (χ3n) is 0.944. The molecule has 0 aliphatic carbocycles. The molecule has 16 heavy (non-hydrogen) atoms. The predicted octanol–water partition coefficient (Wildman–Crippen LogP) is 1.50. The monoisotopic (exact) mass is 264 g/mol. The Kier molecular flexibility index (Phi) is 6.82. The number of aromatic nitrogens is 2. The second kappa shape index (κ2) is 7.61. The van der Waals surface area contributed by atoms with Crippen molar-refractivity contribution in [1.82, 2.24) is 9.97 Å². The first kappa shape index (κ1) is 14.3. The van der Waals surface area contributed by atoms with Gasteiger partial charge in [0.1, 0.15) is 10.3 Å². The van der Waals surface area contributed by atoms with Crippen LogP contribution in [0.2, 0.25) is 10.3 Å². The van der Waals surface area contributed by atoms with Crippen molar-refractivity contribution >= 4 is 35.1 Å². The van der Waals surface area contributed by atoms with Crippen LogP contribution in [-0.4, -0.2) is 32.1 Å². The highest BCUT2D eigenvalue weighted by atomic mass is 35.5. The van der Waals surface area contributed by atoms with Gasteiger partial charge in [0.05, 0.1) is 12.4 Å². The lowest BCUT2D eigenvalue weighted by atomic mass is 10.5. The first-order chi connectivity index (χ1) is 7.41. The molecular formula is C8H6Cl2N2O4. The molecule has 1 aromatic rings. The fraction of sp³-hybridized carbons (Fsp3) is 0. The molecule has 2 N–H and O–H groups in total. The number of rotatable bonds is 2. The molecule has 0 aliphatic rings. The molecule has 1 aromatic heterocycles. The lowest BCUT2D eigenvalue weighted by Gasteiger charge is -1.85. The number of carbonyl (C=O) groups is 2. The fourth-order valence-electron chi connectivity index (χ4n) is 0.463. The minimum Gasteiger partial charge on any atom is -0.478 e. The van der Waals surface area contributed by atoms with Crippen molar-refractivity contribution < 1.29 is 19.8 Å². The van der Waals surface area contributed by atoms with Gasteiger partial charge in [0.2, 0.25) is 0 Å². The smallest absolute Gasteiger partial charge is 0.328 e. The molecule has 0 unspecified atom stereocenters. The van der Waals surface area contributed by atoms with Crippen molar-refractivity contribution in [2.75, 3.05) is 0 Å². The van der Waals surface area contributed by atoms with Crippen molar-refractivity contribution in [1.29, 1.82) is 0 Å². The molecule has 0 fully saturated rings. The third-order valence-corrected chi connectivity index (χ3v) is 1.31. The van der Waals surface area contributed by atoms with E-state index >= 15 is 0 Å². The average Bonchev–Trinajstić information content (AvgIpc) is 2.15. The summed E-state index contributed by atoms with van der Waals surface area (Å²) in [6, 6.07) is 0. The van der Waals surface area contributed by atoms with Gasteiger partial charge in [-0.15, -0.1) is 0 Å². The molecule has 1 rings (SSSR count). The number of carboxylic acid groups (broad SMARTS) is 2. The summed E-state index contributed by atoms with van der Waals surface area (Å²) in [6.45, 7) is 0. The second-order valence-corrected chi connectivity index (χ2v) is 2.95. The Morgan fingerprint density at radius 2 is 1.44 bits per heavy atom. The summed E-state index contributed by atoms with van der Waals surface area (Å²) >= 11 is 10.8. The molecule has 0 spiro atoms. The number of halogens is 2. The molecular weight excluding hydrogens is 259 g/mol. The fourth-order valence-corrected chi connectivity index (χ4v) is 0.801. The topological polar surface area (TPSA) is 100 Å². The number of aliphatic carboxylic acids is 2. The summed E-state index contributed by atoms with van der Waals surface area (Å²) in [5.41, 5.74) is 0. The summed E-state index contributed by atoms with van der Waals surface area (Å²) < 4.78 is 0. The van der Waals surface area contributed by atoms with E-state index < -0.39 is 11.9 Å². The van der Waals surface area contributed by atoms with Crippen molar-refractivity contribution in [2.24, 2.45) is 0 Å². The highest BCUT2D eigenvalue weighted by molar-refractivity contribution is 6.32. The van der Waals surface area contributed by atoms with E-state index in [1.807, 2.05) is 0 Å². The van der Waals surface area contributed by atoms with Crippen LogP contribution in [0.3, 0.4) is 0 Å². The number of carboxylic acids is 2. The van der Waals surface area contributed by atoms with Gasteiger partial charge in [-0.1, -0.05) is 23.2 Å². The summed E-state index contributed by atoms with van der Waals surface area (Å²) in [5, 5.41) is 16.3. The Balaban J connectivity index is 0.000000281. The van der Waals surface area contributed by atoms with E-state index in [1.165, 1.54) is 12.4 Å². The van der Waals surface area contributed by atoms with Crippen LogP contribution >= 0.6 is 23.2 Å². The predicted molar refractivity (Wildman–Crippen MR) is 56.5 cm³/mol. The molecule has 0 aromatic carbocycles. The van der Waals surface area contributed by atoms with Gasteiger partial charge < -0.3 is 10.2 Å². The Morgan fingerprint density at radius 3 is 1.62 bits per heavy atom. The van der Waals surface area contributed by atoms with E-state index in [9.17, 15) is 9.59 Å². The average molecular weight is 265 g/mol. The molecule has 0 bridgehead atoms. The van der Waals surface area contributed by atoms with E-state index in [0.29, 0.717) is 22.5 Å². The van der Waals surface area contributed by atoms with Crippen LogP contribution in [0.5, 0.6) is 0 Å². The zero-order valence-corrected chi connectivity index (χ0v) is 9.18. The summed E-state index contributed by atoms with van der Waals surface area (Å²) in [5.74, 6) is -2.51. The molecule has 0 aliphatic heterocycles. The van der Waals surface area contributed by atoms with Gasteiger partial charge in [-0.3, -0.25) is 4.98 Å². The van der Waals surface area contributed by atoms with Crippen LogP contribution < -0.4 is 0 Å². The second-order valence-electron chi connectivity index (χ2n) is 2.17. The minimum absolute atomic E-state index is 0.317. The Labute approximate surface area is 100 Å². The molecule has 6 nitrogen and oxygen atoms in total. The van der Waals surface area contributed by atoms with Gasteiger partial charge in [-0.05, 0) is 0 Å². The maximum absolute atomic E-state index is 9.55. The van der Waals surface area contributed by atoms with Crippen LogP contribution in [0.25, 0.3) is 0 Å². The van der Waals surface area contributed by atoms with E-state index in [-0.39, 0.29) is 0 Å². The van der Waals surface area contributed by atoms with Gasteiger partial charge in [-0.2, -0.15) is 0 Å². The zero-order valence-electron chi connectivity index (χ0n) is 7.67. The van der Waals surface area contributed by atoms with Crippen molar-refractivity contribution in [2.45, 2.75) is 0 Å². The third kappa shape index (κ3) is 8.92. The summed E-state index contributed by atoms with van der Waals surface area (Å²) in [7, 11) is 0. The number of nitrogens with zero attached hydrogens (tertiary/aromatic N) is 2. The minimum atomic E-state index is -1.26. The molecule has 0 saturated heterocycles. The normalized spacial score (nSPS) is 9.38. The highest BCUT2D eigenvalue weighted by Crippen LogP contribution is 2.05. The van der Waals surface area contributed by atoms with E-state index in [4.69, 9.17) is 33.4 Å². The lowest BCUT2D eigenvalue weighted by Crippen LogP contribution is -1.91. The SMILES string of the molecule is Clc1cncc(Cl)n1.O=C(O)/C=C\C(=O)O. The molecule has 0 saturated carbocycles. The van der Waals surface area contributed by atoms with Crippen LogP contribution in [0, 0.1) is 0 Å². The highest BCUT2D eigenvalue weighted by Gasteiger charge is 1.88. The Bertz CT molecular complexity index is 376. The summed E-state index contributed by atoms with van der Waals surface area (Å²) in [4.78, 5) is 26.4. The van der Waals surface area contributed by atoms with Crippen molar-refractivity contribution in [3.05, 3.63) is 34.9 Å². The maximum atomic E-state index is 9.55. The number of hydrogen-bond donors (Lipinski definition) is 2. The molecule has 0 radical (unpaired) electrons. The molecule has 0 amide bonds. The van der Waals surface area contributed by atoms with Crippen molar-refractivity contribution in [3.8, 4) is 0 Å². The lowest BCUT2D eigenvalue weighted by molar-refractivity contribution is -0.134. The van der Waals surface area contributed by atoms with Gasteiger partial charge >= 0.3 is 11.9 Å². The largest absolute Gasteiger partial charge is 0.478 e. The van der Waals surface area contributed by atoms with E-state index in [1.54, 1.807) is 0 Å². The first-order valence-electron chi connectivity index (χ1n) is 3.69. The standard InChI is InChI=1S/C4H2Cl2N2.C4H4O4/c5-3-1-7-2-4(6)8-3;5-3(6)1-2-4(7)8/h1-2H;1-2H,(H,5,6)(H,7,8)/b;2-1-. The summed E-state index contributed by atoms with van der Waals surface area (Å²) in [6.07, 6.45) is 3.96. The molecule has 1 heterocycles. The molecule has 8 heteroatoms.